The molecule has 1 atom stereocenters. The quantitative estimate of drug-likeness (QED) is 0.644. The Balaban J connectivity index is 3.18. The van der Waals surface area contributed by atoms with Gasteiger partial charge in [0.05, 0.1) is 23.4 Å². The average molecular weight is 317 g/mol. The zero-order chi connectivity index (χ0) is 15.3. The number of ether oxygens (including phenoxy) is 1. The summed E-state index contributed by atoms with van der Waals surface area (Å²) in [6, 6.07) is 3.51. The van der Waals surface area contributed by atoms with Gasteiger partial charge in [-0.1, -0.05) is 11.6 Å². The molecule has 112 valence electrons. The largest absolute Gasteiger partial charge is 0.465 e. The molecule has 1 aromatic rings. The van der Waals surface area contributed by atoms with Crippen LogP contribution < -0.4 is 10.6 Å². The summed E-state index contributed by atoms with van der Waals surface area (Å²) in [7, 11) is 3.27. The number of carbonyl (C=O) groups is 1. The Hall–Kier alpha value is -1.07. The molecule has 0 aliphatic heterocycles. The van der Waals surface area contributed by atoms with Gasteiger partial charge in [0.15, 0.2) is 0 Å². The van der Waals surface area contributed by atoms with E-state index in [0.717, 1.165) is 12.2 Å². The first-order valence-corrected chi connectivity index (χ1v) is 8.08. The normalized spacial score (nSPS) is 12.1. The number of nitrogen functional groups attached to an aromatic ring is 1. The Morgan fingerprint density at radius 3 is 2.75 bits per heavy atom. The summed E-state index contributed by atoms with van der Waals surface area (Å²) >= 11 is 8.07. The standard InChI is InChI=1S/C14H21ClN2O2S/c1-9(5-6-20-4)17(2)13-11(14(18)19-3)7-10(16)8-12(13)15/h7-9H,5-6,16H2,1-4H3. The highest BCUT2D eigenvalue weighted by Crippen LogP contribution is 2.34. The van der Waals surface area contributed by atoms with E-state index in [-0.39, 0.29) is 6.04 Å². The fraction of sp³-hybridized carbons (Fsp3) is 0.500. The monoisotopic (exact) mass is 316 g/mol. The topological polar surface area (TPSA) is 55.6 Å². The molecule has 1 aromatic carbocycles. The van der Waals surface area contributed by atoms with Gasteiger partial charge in [0, 0.05) is 18.8 Å². The van der Waals surface area contributed by atoms with E-state index in [1.165, 1.54) is 7.11 Å². The smallest absolute Gasteiger partial charge is 0.340 e. The zero-order valence-corrected chi connectivity index (χ0v) is 13.8. The van der Waals surface area contributed by atoms with Gasteiger partial charge >= 0.3 is 5.97 Å². The second kappa shape index (κ2) is 7.64. The van der Waals surface area contributed by atoms with Gasteiger partial charge in [0.2, 0.25) is 0 Å². The summed E-state index contributed by atoms with van der Waals surface area (Å²) in [5, 5.41) is 0.462. The summed E-state index contributed by atoms with van der Waals surface area (Å²) in [5.74, 6) is 0.615. The lowest BCUT2D eigenvalue weighted by atomic mass is 10.1. The molecule has 0 saturated carbocycles. The summed E-state index contributed by atoms with van der Waals surface area (Å²) < 4.78 is 4.81. The van der Waals surface area contributed by atoms with E-state index in [4.69, 9.17) is 22.1 Å². The molecular weight excluding hydrogens is 296 g/mol. The SMILES string of the molecule is COC(=O)c1cc(N)cc(Cl)c1N(C)C(C)CCSC. The molecular formula is C14H21ClN2O2S. The molecule has 6 heteroatoms. The third-order valence-electron chi connectivity index (χ3n) is 3.24. The van der Waals surface area contributed by atoms with E-state index in [0.29, 0.717) is 22.0 Å². The van der Waals surface area contributed by atoms with Crippen molar-refractivity contribution in [1.29, 1.82) is 0 Å². The fourth-order valence-corrected chi connectivity index (χ4v) is 2.88. The van der Waals surface area contributed by atoms with Crippen molar-refractivity contribution in [3.05, 3.63) is 22.7 Å². The maximum atomic E-state index is 11.9. The van der Waals surface area contributed by atoms with E-state index in [1.807, 2.05) is 11.9 Å². The number of hydrogen-bond acceptors (Lipinski definition) is 5. The first kappa shape index (κ1) is 17.0. The maximum absolute atomic E-state index is 11.9. The van der Waals surface area contributed by atoms with Crippen LogP contribution >= 0.6 is 23.4 Å². The Bertz CT molecular complexity index is 482. The molecule has 1 unspecified atom stereocenters. The molecule has 0 bridgehead atoms. The Labute approximate surface area is 129 Å². The lowest BCUT2D eigenvalue weighted by Gasteiger charge is -2.29. The van der Waals surface area contributed by atoms with Gasteiger partial charge in [-0.05, 0) is 37.5 Å². The summed E-state index contributed by atoms with van der Waals surface area (Å²) in [6.07, 6.45) is 3.07. The van der Waals surface area contributed by atoms with Crippen molar-refractivity contribution in [2.75, 3.05) is 36.8 Å². The molecule has 0 aromatic heterocycles. The number of rotatable bonds is 6. The van der Waals surface area contributed by atoms with Gasteiger partial charge in [-0.15, -0.1) is 0 Å². The number of benzene rings is 1. The van der Waals surface area contributed by atoms with Crippen molar-refractivity contribution in [2.45, 2.75) is 19.4 Å². The first-order valence-electron chi connectivity index (χ1n) is 6.31. The number of hydrogen-bond donors (Lipinski definition) is 1. The van der Waals surface area contributed by atoms with Gasteiger partial charge in [-0.25, -0.2) is 4.79 Å². The number of anilines is 2. The fourth-order valence-electron chi connectivity index (χ4n) is 1.95. The third kappa shape index (κ3) is 3.96. The van der Waals surface area contributed by atoms with Gasteiger partial charge in [0.1, 0.15) is 0 Å². The zero-order valence-electron chi connectivity index (χ0n) is 12.3. The lowest BCUT2D eigenvalue weighted by Crippen LogP contribution is -2.31. The van der Waals surface area contributed by atoms with E-state index in [1.54, 1.807) is 23.9 Å². The van der Waals surface area contributed by atoms with Gasteiger partial charge in [0.25, 0.3) is 0 Å². The maximum Gasteiger partial charge on any atom is 0.340 e. The van der Waals surface area contributed by atoms with Crippen LogP contribution in [-0.4, -0.2) is 38.2 Å². The molecule has 0 aliphatic rings. The Morgan fingerprint density at radius 1 is 1.55 bits per heavy atom. The van der Waals surface area contributed by atoms with Crippen LogP contribution in [0.1, 0.15) is 23.7 Å². The predicted octanol–water partition coefficient (Wildman–Crippen LogP) is 3.29. The van der Waals surface area contributed by atoms with Crippen molar-refractivity contribution in [1.82, 2.24) is 0 Å². The molecule has 0 amide bonds. The van der Waals surface area contributed by atoms with Crippen molar-refractivity contribution in [3.8, 4) is 0 Å². The Morgan fingerprint density at radius 2 is 2.20 bits per heavy atom. The van der Waals surface area contributed by atoms with Gasteiger partial charge < -0.3 is 15.4 Å². The minimum Gasteiger partial charge on any atom is -0.465 e. The minimum atomic E-state index is -0.432. The summed E-state index contributed by atoms with van der Waals surface area (Å²) in [6.45, 7) is 2.10. The van der Waals surface area contributed by atoms with Crippen LogP contribution in [0, 0.1) is 0 Å². The molecule has 1 rings (SSSR count). The van der Waals surface area contributed by atoms with Crippen LogP contribution in [0.3, 0.4) is 0 Å². The number of methoxy groups -OCH3 is 1. The molecule has 0 heterocycles. The van der Waals surface area contributed by atoms with E-state index in [2.05, 4.69) is 13.2 Å². The van der Waals surface area contributed by atoms with Crippen LogP contribution in [-0.2, 0) is 4.74 Å². The summed E-state index contributed by atoms with van der Waals surface area (Å²) in [4.78, 5) is 13.9. The predicted molar refractivity (Wildman–Crippen MR) is 88.1 cm³/mol. The minimum absolute atomic E-state index is 0.256. The molecule has 0 spiro atoms. The van der Waals surface area contributed by atoms with E-state index < -0.39 is 5.97 Å². The number of thioether (sulfide) groups is 1. The highest BCUT2D eigenvalue weighted by Gasteiger charge is 2.22. The van der Waals surface area contributed by atoms with Crippen molar-refractivity contribution < 1.29 is 9.53 Å². The molecule has 20 heavy (non-hydrogen) atoms. The third-order valence-corrected chi connectivity index (χ3v) is 4.18. The Kier molecular flexibility index (Phi) is 6.49. The first-order chi connectivity index (χ1) is 9.42. The number of nitrogens with zero attached hydrogens (tertiary/aromatic N) is 1. The summed E-state index contributed by atoms with van der Waals surface area (Å²) in [5.41, 5.74) is 7.28. The number of carbonyl (C=O) groups excluding carboxylic acids is 1. The second-order valence-electron chi connectivity index (χ2n) is 4.63. The van der Waals surface area contributed by atoms with E-state index >= 15 is 0 Å². The van der Waals surface area contributed by atoms with Crippen LogP contribution in [0.4, 0.5) is 11.4 Å². The van der Waals surface area contributed by atoms with Crippen molar-refractivity contribution in [2.24, 2.45) is 0 Å². The van der Waals surface area contributed by atoms with Crippen LogP contribution in [0.2, 0.25) is 5.02 Å². The second-order valence-corrected chi connectivity index (χ2v) is 6.02. The highest BCUT2D eigenvalue weighted by atomic mass is 35.5. The van der Waals surface area contributed by atoms with Crippen LogP contribution in [0.5, 0.6) is 0 Å². The van der Waals surface area contributed by atoms with Gasteiger partial charge in [-0.3, -0.25) is 0 Å². The average Bonchev–Trinajstić information content (AvgIpc) is 2.42. The molecule has 0 saturated heterocycles. The van der Waals surface area contributed by atoms with Crippen molar-refractivity contribution >= 4 is 40.7 Å². The number of esters is 1. The van der Waals surface area contributed by atoms with Gasteiger partial charge in [-0.2, -0.15) is 11.8 Å². The molecule has 0 radical (unpaired) electrons. The van der Waals surface area contributed by atoms with Crippen molar-refractivity contribution in [3.63, 3.8) is 0 Å². The van der Waals surface area contributed by atoms with E-state index in [9.17, 15) is 4.79 Å². The molecule has 2 N–H and O–H groups in total. The van der Waals surface area contributed by atoms with Crippen LogP contribution in [0.25, 0.3) is 0 Å². The molecule has 4 nitrogen and oxygen atoms in total. The number of halogens is 1. The lowest BCUT2D eigenvalue weighted by molar-refractivity contribution is 0.0601. The molecule has 0 aliphatic carbocycles. The molecule has 0 fully saturated rings. The van der Waals surface area contributed by atoms with Crippen LogP contribution in [0.15, 0.2) is 12.1 Å². The number of nitrogens with two attached hydrogens (primary N) is 1. The highest BCUT2D eigenvalue weighted by molar-refractivity contribution is 7.98.